The van der Waals surface area contributed by atoms with Crippen molar-refractivity contribution in [1.82, 2.24) is 19.5 Å². The van der Waals surface area contributed by atoms with E-state index in [1.807, 2.05) is 0 Å². The molecule has 0 fully saturated rings. The summed E-state index contributed by atoms with van der Waals surface area (Å²) in [5.41, 5.74) is -2.27. The first-order chi connectivity index (χ1) is 11.6. The fourth-order valence-electron chi connectivity index (χ4n) is 2.30. The molecule has 3 rings (SSSR count). The second-order valence-corrected chi connectivity index (χ2v) is 5.59. The van der Waals surface area contributed by atoms with Gasteiger partial charge in [0, 0.05) is 12.6 Å². The third-order valence-electron chi connectivity index (χ3n) is 3.67. The summed E-state index contributed by atoms with van der Waals surface area (Å²) in [5, 5.41) is -0.343. The van der Waals surface area contributed by atoms with Gasteiger partial charge in [0.05, 0.1) is 5.56 Å². The maximum atomic E-state index is 14.3. The lowest BCUT2D eigenvalue weighted by atomic mass is 10.1. The first-order valence-electron chi connectivity index (χ1n) is 6.87. The average molecular weight is 373 g/mol. The van der Waals surface area contributed by atoms with Crippen molar-refractivity contribution in [3.63, 3.8) is 0 Å². The van der Waals surface area contributed by atoms with Gasteiger partial charge in [-0.25, -0.2) is 19.3 Å². The van der Waals surface area contributed by atoms with E-state index in [1.165, 1.54) is 11.6 Å². The standard InChI is InChI=1S/C15H9ClF4N4O/c1-6-21-11-10(22-14(16)23-12(11)13(25)24(6)2)8-4-3-7(5-9(8)17)15(18,19)20/h3-5H,1-2H3. The van der Waals surface area contributed by atoms with E-state index in [0.717, 1.165) is 6.07 Å². The third-order valence-corrected chi connectivity index (χ3v) is 3.84. The van der Waals surface area contributed by atoms with Crippen molar-refractivity contribution in [3.05, 3.63) is 51.0 Å². The summed E-state index contributed by atoms with van der Waals surface area (Å²) in [6, 6.07) is 1.99. The molecule has 0 saturated heterocycles. The number of benzene rings is 1. The molecular weight excluding hydrogens is 364 g/mol. The second kappa shape index (κ2) is 5.76. The zero-order valence-corrected chi connectivity index (χ0v) is 13.6. The summed E-state index contributed by atoms with van der Waals surface area (Å²) in [4.78, 5) is 24.1. The van der Waals surface area contributed by atoms with E-state index in [4.69, 9.17) is 11.6 Å². The number of rotatable bonds is 1. The van der Waals surface area contributed by atoms with Gasteiger partial charge in [-0.2, -0.15) is 13.2 Å². The molecule has 0 N–H and O–H groups in total. The van der Waals surface area contributed by atoms with E-state index in [1.54, 1.807) is 6.92 Å². The molecule has 0 atom stereocenters. The summed E-state index contributed by atoms with van der Waals surface area (Å²) in [6.45, 7) is 1.54. The quantitative estimate of drug-likeness (QED) is 0.484. The van der Waals surface area contributed by atoms with Crippen molar-refractivity contribution in [3.8, 4) is 11.3 Å². The van der Waals surface area contributed by atoms with Gasteiger partial charge >= 0.3 is 6.18 Å². The third kappa shape index (κ3) is 2.95. The summed E-state index contributed by atoms with van der Waals surface area (Å²) in [6.07, 6.45) is -4.68. The summed E-state index contributed by atoms with van der Waals surface area (Å²) < 4.78 is 53.6. The summed E-state index contributed by atoms with van der Waals surface area (Å²) >= 11 is 5.79. The molecule has 10 heteroatoms. The minimum atomic E-state index is -4.68. The Labute approximate surface area is 142 Å². The summed E-state index contributed by atoms with van der Waals surface area (Å²) in [5.74, 6) is -0.858. The van der Waals surface area contributed by atoms with Crippen LogP contribution < -0.4 is 5.56 Å². The van der Waals surface area contributed by atoms with E-state index in [0.29, 0.717) is 18.0 Å². The van der Waals surface area contributed by atoms with Crippen LogP contribution in [-0.2, 0) is 13.2 Å². The molecule has 0 unspecified atom stereocenters. The largest absolute Gasteiger partial charge is 0.416 e. The zero-order chi connectivity index (χ0) is 18.5. The maximum absolute atomic E-state index is 14.3. The molecule has 1 aromatic carbocycles. The number of nitrogens with zero attached hydrogens (tertiary/aromatic N) is 4. The lowest BCUT2D eigenvalue weighted by Crippen LogP contribution is -2.22. The number of halogens is 5. The highest BCUT2D eigenvalue weighted by Crippen LogP contribution is 2.33. The average Bonchev–Trinajstić information content (AvgIpc) is 2.52. The zero-order valence-electron chi connectivity index (χ0n) is 12.8. The molecule has 25 heavy (non-hydrogen) atoms. The highest BCUT2D eigenvalue weighted by Gasteiger charge is 2.31. The van der Waals surface area contributed by atoms with Crippen LogP contribution in [0.25, 0.3) is 22.3 Å². The highest BCUT2D eigenvalue weighted by molar-refractivity contribution is 6.28. The molecule has 0 amide bonds. The van der Waals surface area contributed by atoms with Crippen LogP contribution in [0.15, 0.2) is 23.0 Å². The molecule has 5 nitrogen and oxygen atoms in total. The van der Waals surface area contributed by atoms with Gasteiger partial charge in [-0.15, -0.1) is 0 Å². The van der Waals surface area contributed by atoms with Crippen LogP contribution in [0.5, 0.6) is 0 Å². The number of aryl methyl sites for hydroxylation is 1. The molecule has 0 saturated carbocycles. The molecule has 0 radical (unpaired) electrons. The van der Waals surface area contributed by atoms with Crippen LogP contribution in [0.4, 0.5) is 17.6 Å². The van der Waals surface area contributed by atoms with E-state index in [-0.39, 0.29) is 27.6 Å². The van der Waals surface area contributed by atoms with Gasteiger partial charge in [-0.1, -0.05) is 0 Å². The predicted molar refractivity (Wildman–Crippen MR) is 82.7 cm³/mol. The van der Waals surface area contributed by atoms with Gasteiger partial charge in [0.1, 0.15) is 22.9 Å². The molecule has 130 valence electrons. The monoisotopic (exact) mass is 372 g/mol. The number of hydrogen-bond donors (Lipinski definition) is 0. The van der Waals surface area contributed by atoms with Crippen molar-refractivity contribution in [1.29, 1.82) is 0 Å². The molecule has 0 bridgehead atoms. The Balaban J connectivity index is 2.35. The van der Waals surface area contributed by atoms with E-state index in [9.17, 15) is 22.4 Å². The van der Waals surface area contributed by atoms with E-state index in [2.05, 4.69) is 15.0 Å². The first kappa shape index (κ1) is 17.3. The number of aromatic nitrogens is 4. The van der Waals surface area contributed by atoms with Crippen molar-refractivity contribution >= 4 is 22.6 Å². The van der Waals surface area contributed by atoms with Gasteiger partial charge in [-0.05, 0) is 36.7 Å². The van der Waals surface area contributed by atoms with Crippen molar-refractivity contribution in [2.45, 2.75) is 13.1 Å². The number of fused-ring (bicyclic) bond motifs is 1. The lowest BCUT2D eigenvalue weighted by molar-refractivity contribution is -0.137. The highest BCUT2D eigenvalue weighted by atomic mass is 35.5. The smallest absolute Gasteiger partial charge is 0.298 e. The van der Waals surface area contributed by atoms with Gasteiger partial charge in [-0.3, -0.25) is 9.36 Å². The topological polar surface area (TPSA) is 60.7 Å². The fraction of sp³-hybridized carbons (Fsp3) is 0.200. The van der Waals surface area contributed by atoms with Crippen LogP contribution in [0, 0.1) is 12.7 Å². The van der Waals surface area contributed by atoms with E-state index < -0.39 is 23.1 Å². The Hall–Kier alpha value is -2.55. The van der Waals surface area contributed by atoms with Gasteiger partial charge in [0.2, 0.25) is 5.28 Å². The van der Waals surface area contributed by atoms with Crippen molar-refractivity contribution in [2.24, 2.45) is 7.05 Å². The Bertz CT molecular complexity index is 1060. The predicted octanol–water partition coefficient (Wildman–Crippen LogP) is 3.51. The molecule has 0 spiro atoms. The minimum Gasteiger partial charge on any atom is -0.298 e. The van der Waals surface area contributed by atoms with Gasteiger partial charge in [0.15, 0.2) is 5.52 Å². The molecule has 2 aromatic heterocycles. The maximum Gasteiger partial charge on any atom is 0.416 e. The first-order valence-corrected chi connectivity index (χ1v) is 7.25. The minimum absolute atomic E-state index is 0.0383. The Morgan fingerprint density at radius 3 is 2.40 bits per heavy atom. The van der Waals surface area contributed by atoms with Crippen molar-refractivity contribution < 1.29 is 17.6 Å². The molecule has 3 aromatic rings. The second-order valence-electron chi connectivity index (χ2n) is 5.25. The van der Waals surface area contributed by atoms with Crippen LogP contribution >= 0.6 is 11.6 Å². The molecule has 2 heterocycles. The molecular formula is C15H9ClF4N4O. The van der Waals surface area contributed by atoms with Crippen LogP contribution in [-0.4, -0.2) is 19.5 Å². The van der Waals surface area contributed by atoms with E-state index >= 15 is 0 Å². The normalized spacial score (nSPS) is 12.0. The van der Waals surface area contributed by atoms with Crippen LogP contribution in [0.2, 0.25) is 5.28 Å². The molecule has 0 aliphatic carbocycles. The Kier molecular flexibility index (Phi) is 3.98. The van der Waals surface area contributed by atoms with Crippen LogP contribution in [0.3, 0.4) is 0 Å². The Morgan fingerprint density at radius 1 is 1.12 bits per heavy atom. The molecule has 0 aliphatic rings. The Morgan fingerprint density at radius 2 is 1.80 bits per heavy atom. The lowest BCUT2D eigenvalue weighted by Gasteiger charge is -2.11. The molecule has 0 aliphatic heterocycles. The van der Waals surface area contributed by atoms with Crippen molar-refractivity contribution in [2.75, 3.05) is 0 Å². The summed E-state index contributed by atoms with van der Waals surface area (Å²) in [7, 11) is 1.47. The van der Waals surface area contributed by atoms with Crippen LogP contribution in [0.1, 0.15) is 11.4 Å². The van der Waals surface area contributed by atoms with Gasteiger partial charge < -0.3 is 0 Å². The van der Waals surface area contributed by atoms with Gasteiger partial charge in [0.25, 0.3) is 5.56 Å². The SMILES string of the molecule is Cc1nc2c(-c3ccc(C(F)(F)F)cc3F)nc(Cl)nc2c(=O)n1C. The number of hydrogen-bond acceptors (Lipinski definition) is 4. The fourth-order valence-corrected chi connectivity index (χ4v) is 2.47. The number of alkyl halides is 3.